The quantitative estimate of drug-likeness (QED) is 0.554. The number of benzene rings is 1. The summed E-state index contributed by atoms with van der Waals surface area (Å²) in [5.41, 5.74) is 1.73. The zero-order valence-electron chi connectivity index (χ0n) is 18.0. The monoisotopic (exact) mass is 489 g/mol. The third-order valence-corrected chi connectivity index (χ3v) is 5.94. The molecule has 1 aliphatic rings. The number of pyridine rings is 1. The molecule has 34 heavy (non-hydrogen) atoms. The van der Waals surface area contributed by atoms with Gasteiger partial charge in [0.05, 0.1) is 19.0 Å². The number of hydrogen-bond donors (Lipinski definition) is 3. The van der Waals surface area contributed by atoms with Gasteiger partial charge in [-0.05, 0) is 25.1 Å². The Morgan fingerprint density at radius 3 is 2.41 bits per heavy atom. The first-order valence-corrected chi connectivity index (χ1v) is 9.79. The number of phenolic OH excluding ortho intramolecular Hbond substituents is 1. The number of carbonyl (C=O) groups excluding carboxylic acids is 2. The van der Waals surface area contributed by atoms with E-state index in [-0.39, 0.29) is 16.9 Å². The molecule has 0 spiro atoms. The molecule has 1 fully saturated rings. The molecule has 1 aromatic heterocycles. The number of aromatic hydroxyl groups is 1. The number of nitrogens with zero attached hydrogens (tertiary/aromatic N) is 1. The minimum absolute atomic E-state index is 0.00529. The van der Waals surface area contributed by atoms with Crippen LogP contribution in [-0.2, 0) is 9.53 Å². The molecule has 0 radical (unpaired) electrons. The van der Waals surface area contributed by atoms with E-state index in [1.807, 2.05) is 0 Å². The van der Waals surface area contributed by atoms with Crippen LogP contribution in [0.15, 0.2) is 24.4 Å². The molecule has 2 heterocycles. The summed E-state index contributed by atoms with van der Waals surface area (Å²) in [6.07, 6.45) is -5.76. The maximum absolute atomic E-state index is 14.4. The summed E-state index contributed by atoms with van der Waals surface area (Å²) in [5.74, 6) is -10.2. The minimum atomic E-state index is -4.95. The molecule has 0 aliphatic carbocycles. The van der Waals surface area contributed by atoms with Crippen molar-refractivity contribution in [2.75, 3.05) is 12.4 Å². The third-order valence-electron chi connectivity index (χ3n) is 5.94. The van der Waals surface area contributed by atoms with Crippen molar-refractivity contribution >= 4 is 17.5 Å². The van der Waals surface area contributed by atoms with Crippen LogP contribution in [0, 0.1) is 17.6 Å². The molecule has 0 bridgehead atoms. The molecular formula is C21H20F5N3O5. The molecule has 1 aliphatic heterocycles. The maximum Gasteiger partial charge on any atom is 0.417 e. The van der Waals surface area contributed by atoms with Crippen LogP contribution in [0.2, 0.25) is 0 Å². The Labute approximate surface area is 189 Å². The van der Waals surface area contributed by atoms with Crippen molar-refractivity contribution < 1.29 is 46.1 Å². The number of anilines is 1. The summed E-state index contributed by atoms with van der Waals surface area (Å²) in [7, 11) is 0.961. The first-order chi connectivity index (χ1) is 15.7. The van der Waals surface area contributed by atoms with Crippen LogP contribution in [0.3, 0.4) is 0 Å². The van der Waals surface area contributed by atoms with Crippen molar-refractivity contribution in [2.45, 2.75) is 37.6 Å². The molecule has 2 amide bonds. The van der Waals surface area contributed by atoms with Crippen molar-refractivity contribution in [3.8, 4) is 11.5 Å². The van der Waals surface area contributed by atoms with Gasteiger partial charge >= 0.3 is 6.18 Å². The largest absolute Gasteiger partial charge is 0.505 e. The number of phenols is 1. The van der Waals surface area contributed by atoms with Crippen molar-refractivity contribution in [1.82, 2.24) is 4.98 Å². The number of halogens is 5. The first-order valence-electron chi connectivity index (χ1n) is 9.79. The van der Waals surface area contributed by atoms with E-state index in [0.717, 1.165) is 27.2 Å². The van der Waals surface area contributed by atoms with Crippen LogP contribution in [0.1, 0.15) is 35.8 Å². The topological polar surface area (TPSA) is 124 Å². The van der Waals surface area contributed by atoms with Gasteiger partial charge in [-0.15, -0.1) is 0 Å². The van der Waals surface area contributed by atoms with Crippen molar-refractivity contribution in [1.29, 1.82) is 0 Å². The number of primary amides is 1. The number of nitrogens with one attached hydrogen (secondary N) is 1. The fourth-order valence-corrected chi connectivity index (χ4v) is 3.92. The molecule has 8 nitrogen and oxygen atoms in total. The number of ether oxygens (including phenoxy) is 2. The van der Waals surface area contributed by atoms with Gasteiger partial charge in [-0.2, -0.15) is 22.0 Å². The van der Waals surface area contributed by atoms with E-state index in [2.05, 4.69) is 10.3 Å². The van der Waals surface area contributed by atoms with Crippen LogP contribution in [0.25, 0.3) is 0 Å². The first kappa shape index (κ1) is 25.1. The smallest absolute Gasteiger partial charge is 0.417 e. The number of alkyl halides is 3. The molecule has 4 atom stereocenters. The van der Waals surface area contributed by atoms with Gasteiger partial charge in [-0.25, -0.2) is 4.98 Å². The highest BCUT2D eigenvalue weighted by Gasteiger charge is 2.66. The molecular weight excluding hydrogens is 469 g/mol. The van der Waals surface area contributed by atoms with E-state index in [0.29, 0.717) is 6.07 Å². The van der Waals surface area contributed by atoms with E-state index in [1.165, 1.54) is 12.1 Å². The molecule has 3 rings (SSSR count). The summed E-state index contributed by atoms with van der Waals surface area (Å²) >= 11 is 0. The summed E-state index contributed by atoms with van der Waals surface area (Å²) in [4.78, 5) is 27.9. The zero-order chi connectivity index (χ0) is 25.6. The van der Waals surface area contributed by atoms with Crippen molar-refractivity contribution in [3.63, 3.8) is 0 Å². The molecule has 1 aromatic carbocycles. The Bertz CT molecular complexity index is 1130. The Balaban J connectivity index is 2.08. The average molecular weight is 489 g/mol. The highest BCUT2D eigenvalue weighted by Crippen LogP contribution is 2.55. The van der Waals surface area contributed by atoms with Gasteiger partial charge in [-0.3, -0.25) is 9.59 Å². The van der Waals surface area contributed by atoms with E-state index < -0.39 is 64.7 Å². The Morgan fingerprint density at radius 2 is 1.91 bits per heavy atom. The summed E-state index contributed by atoms with van der Waals surface area (Å²) < 4.78 is 80.2. The minimum Gasteiger partial charge on any atom is -0.505 e. The highest BCUT2D eigenvalue weighted by molar-refractivity contribution is 5.96. The SMILES string of the molecule is COc1c([C@H]2[C@H](C(=O)Nc3ccc(C(N)=O)nc3)O[C@@](C)(C(F)(F)F)[C@H]2C)cc(O)c(F)c1F. The molecule has 2 aromatic rings. The van der Waals surface area contributed by atoms with Crippen molar-refractivity contribution in [3.05, 3.63) is 47.3 Å². The van der Waals surface area contributed by atoms with Gasteiger partial charge in [0.25, 0.3) is 11.8 Å². The number of rotatable bonds is 5. The lowest BCUT2D eigenvalue weighted by molar-refractivity contribution is -0.272. The molecule has 4 N–H and O–H groups in total. The maximum atomic E-state index is 14.4. The third kappa shape index (κ3) is 4.11. The van der Waals surface area contributed by atoms with Gasteiger partial charge < -0.3 is 25.6 Å². The second kappa shape index (κ2) is 8.70. The van der Waals surface area contributed by atoms with Crippen LogP contribution >= 0.6 is 0 Å². The van der Waals surface area contributed by atoms with Crippen LogP contribution in [0.4, 0.5) is 27.6 Å². The highest BCUT2D eigenvalue weighted by atomic mass is 19.4. The standard InChI is InChI=1S/C21H20F5N3O5/c1-8-13(10-6-12(30)14(22)15(23)16(10)33-3)17(34-20(8,2)21(24,25)26)19(32)29-9-4-5-11(18(27)31)28-7-9/h4-8,13,17,30H,1-3H3,(H2,27,31)(H,29,32)/t8-,13-,17+,20+/m0/s1. The lowest BCUT2D eigenvalue weighted by Gasteiger charge is -2.32. The van der Waals surface area contributed by atoms with Gasteiger partial charge in [0.15, 0.2) is 17.1 Å². The molecule has 0 unspecified atom stereocenters. The average Bonchev–Trinajstić information content (AvgIpc) is 3.04. The van der Waals surface area contributed by atoms with Crippen molar-refractivity contribution in [2.24, 2.45) is 11.7 Å². The normalized spacial score (nSPS) is 24.6. The van der Waals surface area contributed by atoms with E-state index in [4.69, 9.17) is 15.2 Å². The van der Waals surface area contributed by atoms with Gasteiger partial charge in [0.1, 0.15) is 11.8 Å². The van der Waals surface area contributed by atoms with Gasteiger partial charge in [0.2, 0.25) is 11.6 Å². The molecule has 184 valence electrons. The fourth-order valence-electron chi connectivity index (χ4n) is 3.92. The lowest BCUT2D eigenvalue weighted by atomic mass is 9.76. The van der Waals surface area contributed by atoms with E-state index >= 15 is 0 Å². The molecule has 13 heteroatoms. The second-order valence-electron chi connectivity index (χ2n) is 7.89. The predicted octanol–water partition coefficient (Wildman–Crippen LogP) is 3.25. The number of nitrogens with two attached hydrogens (primary N) is 1. The Hall–Kier alpha value is -3.48. The van der Waals surface area contributed by atoms with Crippen LogP contribution in [-0.4, -0.2) is 46.9 Å². The lowest BCUT2D eigenvalue weighted by Crippen LogP contribution is -2.47. The number of amides is 2. The molecule has 0 saturated carbocycles. The second-order valence-corrected chi connectivity index (χ2v) is 7.89. The summed E-state index contributed by atoms with van der Waals surface area (Å²) in [6.45, 7) is 1.86. The Morgan fingerprint density at radius 1 is 1.26 bits per heavy atom. The predicted molar refractivity (Wildman–Crippen MR) is 107 cm³/mol. The van der Waals surface area contributed by atoms with Crippen LogP contribution in [0.5, 0.6) is 11.5 Å². The number of hydrogen-bond acceptors (Lipinski definition) is 6. The molecule has 1 saturated heterocycles. The van der Waals surface area contributed by atoms with Gasteiger partial charge in [-0.1, -0.05) is 6.92 Å². The van der Waals surface area contributed by atoms with E-state index in [1.54, 1.807) is 0 Å². The number of carbonyl (C=O) groups is 2. The summed E-state index contributed by atoms with van der Waals surface area (Å²) in [5, 5.41) is 12.1. The Kier molecular flexibility index (Phi) is 6.44. The zero-order valence-corrected chi connectivity index (χ0v) is 18.0. The van der Waals surface area contributed by atoms with Gasteiger partial charge in [0, 0.05) is 17.4 Å². The fraction of sp³-hybridized carbons (Fsp3) is 0.381. The number of aromatic nitrogens is 1. The van der Waals surface area contributed by atoms with Crippen LogP contribution < -0.4 is 15.8 Å². The van der Waals surface area contributed by atoms with E-state index in [9.17, 15) is 36.6 Å². The summed E-state index contributed by atoms with van der Waals surface area (Å²) in [6, 6.07) is 3.13. The number of methoxy groups -OCH3 is 1.